The number of hydrogen-bond donors (Lipinski definition) is 1. The van der Waals surface area contributed by atoms with Gasteiger partial charge in [-0.1, -0.05) is 32.0 Å². The van der Waals surface area contributed by atoms with E-state index in [0.29, 0.717) is 0 Å². The molecule has 3 aromatic rings. The van der Waals surface area contributed by atoms with E-state index in [9.17, 15) is 0 Å². The number of aryl methyl sites for hydroxylation is 2. The molecular weight excluding hydrogens is 284 g/mol. The van der Waals surface area contributed by atoms with Crippen molar-refractivity contribution in [3.05, 3.63) is 53.0 Å². The highest BCUT2D eigenvalue weighted by atomic mass is 15.3. The highest BCUT2D eigenvalue weighted by Gasteiger charge is 2.28. The largest absolute Gasteiger partial charge is 0.361 e. The number of fused-ring (bicyclic) bond motifs is 1. The number of nitrogens with one attached hydrogen (secondary N) is 1. The van der Waals surface area contributed by atoms with Crippen LogP contribution in [0.25, 0.3) is 10.9 Å². The Kier molecular flexibility index (Phi) is 4.26. The van der Waals surface area contributed by atoms with Crippen LogP contribution in [0.1, 0.15) is 42.4 Å². The summed E-state index contributed by atoms with van der Waals surface area (Å²) in [5, 5.41) is 5.95. The van der Waals surface area contributed by atoms with Crippen LogP contribution in [0.3, 0.4) is 0 Å². The second-order valence-corrected chi connectivity index (χ2v) is 6.12. The number of nitrogens with zero attached hydrogens (tertiary/aromatic N) is 3. The standard InChI is InChI=1S/C19H26N4/c1-6-23(7-2)19(18-13(3)21-22(5)14(18)4)16-12-20-17-11-9-8-10-15(16)17/h8-12,19-20H,6-7H2,1-5H3. The normalized spacial score (nSPS) is 13.1. The highest BCUT2D eigenvalue weighted by Crippen LogP contribution is 2.36. The molecule has 1 N–H and O–H groups in total. The lowest BCUT2D eigenvalue weighted by Gasteiger charge is -2.30. The number of aromatic amines is 1. The van der Waals surface area contributed by atoms with E-state index in [-0.39, 0.29) is 6.04 Å². The van der Waals surface area contributed by atoms with Crippen molar-refractivity contribution in [2.75, 3.05) is 13.1 Å². The van der Waals surface area contributed by atoms with E-state index in [1.165, 1.54) is 27.7 Å². The van der Waals surface area contributed by atoms with Crippen molar-refractivity contribution in [3.8, 4) is 0 Å². The van der Waals surface area contributed by atoms with Crippen molar-refractivity contribution < 1.29 is 0 Å². The third-order valence-electron chi connectivity index (χ3n) is 4.93. The van der Waals surface area contributed by atoms with Crippen molar-refractivity contribution in [3.63, 3.8) is 0 Å². The van der Waals surface area contributed by atoms with Gasteiger partial charge in [-0.15, -0.1) is 0 Å². The molecule has 0 aliphatic rings. The summed E-state index contributed by atoms with van der Waals surface area (Å²) in [4.78, 5) is 5.94. The van der Waals surface area contributed by atoms with Crippen molar-refractivity contribution in [1.82, 2.24) is 19.7 Å². The summed E-state index contributed by atoms with van der Waals surface area (Å²) in [5.41, 5.74) is 6.22. The average Bonchev–Trinajstić information content (AvgIpc) is 3.08. The van der Waals surface area contributed by atoms with Crippen LogP contribution in [0.15, 0.2) is 30.5 Å². The molecule has 0 aliphatic carbocycles. The fourth-order valence-electron chi connectivity index (χ4n) is 3.63. The van der Waals surface area contributed by atoms with Crippen LogP contribution in [-0.2, 0) is 7.05 Å². The first-order chi connectivity index (χ1) is 11.1. The third kappa shape index (κ3) is 2.57. The molecule has 0 radical (unpaired) electrons. The van der Waals surface area contributed by atoms with E-state index in [2.05, 4.69) is 73.1 Å². The number of H-pyrrole nitrogens is 1. The monoisotopic (exact) mass is 310 g/mol. The summed E-state index contributed by atoms with van der Waals surface area (Å²) in [6.45, 7) is 10.8. The maximum absolute atomic E-state index is 4.65. The molecule has 0 saturated carbocycles. The molecule has 0 spiro atoms. The Morgan fingerprint density at radius 3 is 2.48 bits per heavy atom. The van der Waals surface area contributed by atoms with Gasteiger partial charge in [-0.05, 0) is 38.6 Å². The third-order valence-corrected chi connectivity index (χ3v) is 4.93. The predicted molar refractivity (Wildman–Crippen MR) is 95.7 cm³/mol. The van der Waals surface area contributed by atoms with E-state index < -0.39 is 0 Å². The lowest BCUT2D eigenvalue weighted by atomic mass is 9.95. The number of benzene rings is 1. The molecule has 0 saturated heterocycles. The Morgan fingerprint density at radius 2 is 1.87 bits per heavy atom. The van der Waals surface area contributed by atoms with Crippen LogP contribution in [0, 0.1) is 13.8 Å². The second-order valence-electron chi connectivity index (χ2n) is 6.12. The van der Waals surface area contributed by atoms with Crippen LogP contribution in [0.2, 0.25) is 0 Å². The van der Waals surface area contributed by atoms with Crippen LogP contribution in [0.5, 0.6) is 0 Å². The van der Waals surface area contributed by atoms with Gasteiger partial charge < -0.3 is 4.98 Å². The second kappa shape index (κ2) is 6.20. The zero-order valence-electron chi connectivity index (χ0n) is 14.7. The van der Waals surface area contributed by atoms with Crippen LogP contribution in [-0.4, -0.2) is 32.8 Å². The summed E-state index contributed by atoms with van der Waals surface area (Å²) in [7, 11) is 2.03. The Bertz CT molecular complexity index is 808. The van der Waals surface area contributed by atoms with E-state index in [1.807, 2.05) is 11.7 Å². The zero-order chi connectivity index (χ0) is 16.6. The Morgan fingerprint density at radius 1 is 1.17 bits per heavy atom. The summed E-state index contributed by atoms with van der Waals surface area (Å²) in [6.07, 6.45) is 2.17. The quantitative estimate of drug-likeness (QED) is 0.774. The van der Waals surface area contributed by atoms with Gasteiger partial charge in [-0.25, -0.2) is 0 Å². The summed E-state index contributed by atoms with van der Waals surface area (Å²) < 4.78 is 2.00. The topological polar surface area (TPSA) is 36.9 Å². The molecule has 2 aromatic heterocycles. The van der Waals surface area contributed by atoms with Crippen LogP contribution < -0.4 is 0 Å². The van der Waals surface area contributed by atoms with Gasteiger partial charge in [0.15, 0.2) is 0 Å². The minimum Gasteiger partial charge on any atom is -0.361 e. The van der Waals surface area contributed by atoms with Crippen LogP contribution in [0.4, 0.5) is 0 Å². The molecule has 23 heavy (non-hydrogen) atoms. The molecule has 4 heteroatoms. The van der Waals surface area contributed by atoms with Crippen molar-refractivity contribution >= 4 is 10.9 Å². The minimum atomic E-state index is 0.231. The maximum Gasteiger partial charge on any atom is 0.0659 e. The fraction of sp³-hybridized carbons (Fsp3) is 0.421. The average molecular weight is 310 g/mol. The molecule has 4 nitrogen and oxygen atoms in total. The predicted octanol–water partition coefficient (Wildman–Crippen LogP) is 3.95. The van der Waals surface area contributed by atoms with Crippen molar-refractivity contribution in [2.24, 2.45) is 7.05 Å². The Balaban J connectivity index is 2.24. The molecule has 122 valence electrons. The van der Waals surface area contributed by atoms with E-state index in [0.717, 1.165) is 18.8 Å². The van der Waals surface area contributed by atoms with Crippen LogP contribution >= 0.6 is 0 Å². The summed E-state index contributed by atoms with van der Waals surface area (Å²) in [6, 6.07) is 8.77. The van der Waals surface area contributed by atoms with E-state index in [1.54, 1.807) is 0 Å². The van der Waals surface area contributed by atoms with Gasteiger partial charge in [-0.3, -0.25) is 9.58 Å². The van der Waals surface area contributed by atoms with Gasteiger partial charge in [-0.2, -0.15) is 5.10 Å². The van der Waals surface area contributed by atoms with Gasteiger partial charge >= 0.3 is 0 Å². The number of rotatable bonds is 5. The first-order valence-corrected chi connectivity index (χ1v) is 8.38. The van der Waals surface area contributed by atoms with E-state index >= 15 is 0 Å². The number of hydrogen-bond acceptors (Lipinski definition) is 2. The summed E-state index contributed by atoms with van der Waals surface area (Å²) >= 11 is 0. The molecule has 1 aromatic carbocycles. The molecule has 0 fully saturated rings. The molecule has 1 unspecified atom stereocenters. The SMILES string of the molecule is CCN(CC)C(c1c(C)nn(C)c1C)c1c[nH]c2ccccc12. The molecule has 1 atom stereocenters. The molecule has 3 rings (SSSR count). The van der Waals surface area contributed by atoms with Gasteiger partial charge in [0.1, 0.15) is 0 Å². The number of aromatic nitrogens is 3. The Labute approximate surface area is 138 Å². The maximum atomic E-state index is 4.65. The lowest BCUT2D eigenvalue weighted by molar-refractivity contribution is 0.250. The van der Waals surface area contributed by atoms with Gasteiger partial charge in [0.05, 0.1) is 11.7 Å². The molecule has 0 aliphatic heterocycles. The minimum absolute atomic E-state index is 0.231. The molecular formula is C19H26N4. The molecule has 0 bridgehead atoms. The first-order valence-electron chi connectivity index (χ1n) is 8.38. The lowest BCUT2D eigenvalue weighted by Crippen LogP contribution is -2.30. The zero-order valence-corrected chi connectivity index (χ0v) is 14.7. The van der Waals surface area contributed by atoms with Crippen molar-refractivity contribution in [2.45, 2.75) is 33.7 Å². The van der Waals surface area contributed by atoms with Gasteiger partial charge in [0.2, 0.25) is 0 Å². The highest BCUT2D eigenvalue weighted by molar-refractivity contribution is 5.84. The van der Waals surface area contributed by atoms with Crippen molar-refractivity contribution in [1.29, 1.82) is 0 Å². The fourth-order valence-corrected chi connectivity index (χ4v) is 3.63. The first kappa shape index (κ1) is 15.8. The Hall–Kier alpha value is -2.07. The number of para-hydroxylation sites is 1. The smallest absolute Gasteiger partial charge is 0.0659 e. The molecule has 0 amide bonds. The summed E-state index contributed by atoms with van der Waals surface area (Å²) in [5.74, 6) is 0. The van der Waals surface area contributed by atoms with Gasteiger partial charge in [0, 0.05) is 35.4 Å². The van der Waals surface area contributed by atoms with Gasteiger partial charge in [0.25, 0.3) is 0 Å². The molecule has 2 heterocycles. The van der Waals surface area contributed by atoms with E-state index in [4.69, 9.17) is 0 Å².